The average Bonchev–Trinajstić information content (AvgIpc) is 3.34. The SMILES string of the molecule is CCCCCc1ccc(-c2ccc(OCCC3(C)CO3)cc2)cc1. The van der Waals surface area contributed by atoms with Crippen LogP contribution in [-0.4, -0.2) is 18.8 Å². The number of aryl methyl sites for hydroxylation is 1. The zero-order valence-electron chi connectivity index (χ0n) is 14.9. The first-order valence-corrected chi connectivity index (χ1v) is 9.15. The molecule has 24 heavy (non-hydrogen) atoms. The molecule has 2 nitrogen and oxygen atoms in total. The lowest BCUT2D eigenvalue weighted by atomic mass is 10.0. The Bertz CT molecular complexity index is 624. The van der Waals surface area contributed by atoms with Crippen molar-refractivity contribution in [2.24, 2.45) is 0 Å². The second-order valence-electron chi connectivity index (χ2n) is 7.02. The number of unbranched alkanes of at least 4 members (excludes halogenated alkanes) is 2. The van der Waals surface area contributed by atoms with E-state index >= 15 is 0 Å². The molecule has 1 aliphatic heterocycles. The van der Waals surface area contributed by atoms with Gasteiger partial charge < -0.3 is 9.47 Å². The highest BCUT2D eigenvalue weighted by atomic mass is 16.6. The molecule has 1 unspecified atom stereocenters. The van der Waals surface area contributed by atoms with E-state index in [0.29, 0.717) is 6.61 Å². The zero-order valence-corrected chi connectivity index (χ0v) is 14.9. The van der Waals surface area contributed by atoms with Crippen molar-refractivity contribution >= 4 is 0 Å². The Morgan fingerprint density at radius 2 is 1.58 bits per heavy atom. The van der Waals surface area contributed by atoms with Crippen LogP contribution >= 0.6 is 0 Å². The summed E-state index contributed by atoms with van der Waals surface area (Å²) in [5, 5.41) is 0. The van der Waals surface area contributed by atoms with E-state index in [-0.39, 0.29) is 5.60 Å². The van der Waals surface area contributed by atoms with E-state index in [1.54, 1.807) is 0 Å². The maximum absolute atomic E-state index is 5.81. The van der Waals surface area contributed by atoms with Crippen LogP contribution in [0.25, 0.3) is 11.1 Å². The second kappa shape index (κ2) is 7.85. The minimum Gasteiger partial charge on any atom is -0.493 e. The molecule has 0 aliphatic carbocycles. The van der Waals surface area contributed by atoms with Gasteiger partial charge in [0.25, 0.3) is 0 Å². The lowest BCUT2D eigenvalue weighted by Crippen LogP contribution is -2.10. The molecule has 1 atom stereocenters. The standard InChI is InChI=1S/C22H28O2/c1-3-4-5-6-18-7-9-19(10-8-18)20-11-13-21(14-12-20)23-16-15-22(2)17-24-22/h7-14H,3-6,15-17H2,1-2H3. The van der Waals surface area contributed by atoms with Crippen LogP contribution in [0.15, 0.2) is 48.5 Å². The normalized spacial score (nSPS) is 19.2. The lowest BCUT2D eigenvalue weighted by Gasteiger charge is -2.09. The molecule has 0 N–H and O–H groups in total. The molecule has 0 saturated carbocycles. The monoisotopic (exact) mass is 324 g/mol. The van der Waals surface area contributed by atoms with Crippen molar-refractivity contribution in [2.45, 2.75) is 51.6 Å². The highest BCUT2D eigenvalue weighted by molar-refractivity contribution is 5.64. The van der Waals surface area contributed by atoms with Gasteiger partial charge in [-0.2, -0.15) is 0 Å². The van der Waals surface area contributed by atoms with Crippen LogP contribution in [0.4, 0.5) is 0 Å². The number of hydrogen-bond acceptors (Lipinski definition) is 2. The fourth-order valence-electron chi connectivity index (χ4n) is 2.84. The van der Waals surface area contributed by atoms with E-state index in [2.05, 4.69) is 62.4 Å². The Balaban J connectivity index is 1.52. The topological polar surface area (TPSA) is 21.8 Å². The first kappa shape index (κ1) is 17.0. The fraction of sp³-hybridized carbons (Fsp3) is 0.455. The van der Waals surface area contributed by atoms with E-state index in [4.69, 9.17) is 9.47 Å². The predicted octanol–water partition coefficient (Wildman–Crippen LogP) is 5.64. The van der Waals surface area contributed by atoms with Gasteiger partial charge in [0.05, 0.1) is 18.8 Å². The third kappa shape index (κ3) is 4.85. The summed E-state index contributed by atoms with van der Waals surface area (Å²) >= 11 is 0. The molecule has 0 spiro atoms. The first-order chi connectivity index (χ1) is 11.7. The smallest absolute Gasteiger partial charge is 0.119 e. The van der Waals surface area contributed by atoms with Crippen LogP contribution in [0, 0.1) is 0 Å². The van der Waals surface area contributed by atoms with Gasteiger partial charge in [0.2, 0.25) is 0 Å². The van der Waals surface area contributed by atoms with Crippen molar-refractivity contribution < 1.29 is 9.47 Å². The van der Waals surface area contributed by atoms with E-state index in [0.717, 1.165) is 18.8 Å². The zero-order chi connectivity index (χ0) is 16.8. The Kier molecular flexibility index (Phi) is 5.57. The van der Waals surface area contributed by atoms with Gasteiger partial charge in [-0.25, -0.2) is 0 Å². The van der Waals surface area contributed by atoms with E-state index in [1.165, 1.54) is 42.4 Å². The third-order valence-electron chi connectivity index (χ3n) is 4.75. The third-order valence-corrected chi connectivity index (χ3v) is 4.75. The van der Waals surface area contributed by atoms with Crippen molar-refractivity contribution in [1.29, 1.82) is 0 Å². The Morgan fingerprint density at radius 3 is 2.17 bits per heavy atom. The second-order valence-corrected chi connectivity index (χ2v) is 7.02. The molecule has 1 heterocycles. The summed E-state index contributed by atoms with van der Waals surface area (Å²) < 4.78 is 11.2. The lowest BCUT2D eigenvalue weighted by molar-refractivity contribution is 0.239. The summed E-state index contributed by atoms with van der Waals surface area (Å²) in [5.41, 5.74) is 4.00. The molecule has 0 radical (unpaired) electrons. The number of epoxide rings is 1. The van der Waals surface area contributed by atoms with Gasteiger partial charge in [0, 0.05) is 6.42 Å². The molecule has 3 rings (SSSR count). The van der Waals surface area contributed by atoms with Crippen LogP contribution < -0.4 is 4.74 Å². The summed E-state index contributed by atoms with van der Waals surface area (Å²) in [6.07, 6.45) is 6.01. The quantitative estimate of drug-likeness (QED) is 0.439. The van der Waals surface area contributed by atoms with Crippen LogP contribution in [0.1, 0.15) is 45.1 Å². The van der Waals surface area contributed by atoms with Crippen LogP contribution in [0.3, 0.4) is 0 Å². The van der Waals surface area contributed by atoms with Gasteiger partial charge in [-0.15, -0.1) is 0 Å². The van der Waals surface area contributed by atoms with Gasteiger partial charge in [-0.05, 0) is 48.6 Å². The molecule has 2 aromatic rings. The molecule has 2 aromatic carbocycles. The molecule has 0 bridgehead atoms. The maximum atomic E-state index is 5.81. The van der Waals surface area contributed by atoms with Gasteiger partial charge in [-0.1, -0.05) is 56.2 Å². The van der Waals surface area contributed by atoms with Crippen LogP contribution in [0.5, 0.6) is 5.75 Å². The van der Waals surface area contributed by atoms with Crippen LogP contribution in [0.2, 0.25) is 0 Å². The molecule has 0 amide bonds. The maximum Gasteiger partial charge on any atom is 0.119 e. The predicted molar refractivity (Wildman–Crippen MR) is 99.6 cm³/mol. The Hall–Kier alpha value is -1.80. The summed E-state index contributed by atoms with van der Waals surface area (Å²) in [5.74, 6) is 0.930. The van der Waals surface area contributed by atoms with Gasteiger partial charge in [0.1, 0.15) is 5.75 Å². The summed E-state index contributed by atoms with van der Waals surface area (Å²) in [6, 6.07) is 17.3. The first-order valence-electron chi connectivity index (χ1n) is 9.15. The Morgan fingerprint density at radius 1 is 0.958 bits per heavy atom. The van der Waals surface area contributed by atoms with Gasteiger partial charge >= 0.3 is 0 Å². The minimum absolute atomic E-state index is 0.0683. The minimum atomic E-state index is 0.0683. The van der Waals surface area contributed by atoms with E-state index < -0.39 is 0 Å². The number of ether oxygens (including phenoxy) is 2. The largest absolute Gasteiger partial charge is 0.493 e. The van der Waals surface area contributed by atoms with Gasteiger partial charge in [-0.3, -0.25) is 0 Å². The molecule has 2 heteroatoms. The molecule has 1 fully saturated rings. The molecule has 1 saturated heterocycles. The summed E-state index contributed by atoms with van der Waals surface area (Å²) in [6.45, 7) is 5.95. The summed E-state index contributed by atoms with van der Waals surface area (Å²) in [4.78, 5) is 0. The highest BCUT2D eigenvalue weighted by Crippen LogP contribution is 2.30. The van der Waals surface area contributed by atoms with Crippen molar-refractivity contribution in [3.05, 3.63) is 54.1 Å². The van der Waals surface area contributed by atoms with Crippen molar-refractivity contribution in [2.75, 3.05) is 13.2 Å². The van der Waals surface area contributed by atoms with Crippen molar-refractivity contribution in [1.82, 2.24) is 0 Å². The molecule has 128 valence electrons. The highest BCUT2D eigenvalue weighted by Gasteiger charge is 2.38. The van der Waals surface area contributed by atoms with Crippen LogP contribution in [-0.2, 0) is 11.2 Å². The molecule has 0 aromatic heterocycles. The average molecular weight is 324 g/mol. The molecular weight excluding hydrogens is 296 g/mol. The molecule has 1 aliphatic rings. The van der Waals surface area contributed by atoms with E-state index in [9.17, 15) is 0 Å². The van der Waals surface area contributed by atoms with Crippen molar-refractivity contribution in [3.63, 3.8) is 0 Å². The van der Waals surface area contributed by atoms with Gasteiger partial charge in [0.15, 0.2) is 0 Å². The number of benzene rings is 2. The number of rotatable bonds is 9. The fourth-order valence-corrected chi connectivity index (χ4v) is 2.84. The van der Waals surface area contributed by atoms with E-state index in [1.807, 2.05) is 0 Å². The molecular formula is C22H28O2. The Labute approximate surface area is 145 Å². The summed E-state index contributed by atoms with van der Waals surface area (Å²) in [7, 11) is 0. The number of hydrogen-bond donors (Lipinski definition) is 0. The van der Waals surface area contributed by atoms with Crippen molar-refractivity contribution in [3.8, 4) is 16.9 Å².